The summed E-state index contributed by atoms with van der Waals surface area (Å²) < 4.78 is 5.48. The average Bonchev–Trinajstić information content (AvgIpc) is 3.10. The first kappa shape index (κ1) is 17.0. The number of carbonyl (C=O) groups is 1. The second-order valence-electron chi connectivity index (χ2n) is 5.53. The van der Waals surface area contributed by atoms with E-state index in [1.165, 1.54) is 0 Å². The minimum Gasteiger partial charge on any atom is -0.376 e. The first-order valence-electron chi connectivity index (χ1n) is 7.70. The Morgan fingerprint density at radius 2 is 2.04 bits per heavy atom. The molecule has 2 N–H and O–H groups in total. The molecule has 1 aromatic carbocycles. The molecule has 1 amide bonds. The van der Waals surface area contributed by atoms with Crippen LogP contribution >= 0.6 is 23.2 Å². The Morgan fingerprint density at radius 1 is 1.21 bits per heavy atom. The van der Waals surface area contributed by atoms with E-state index in [1.54, 1.807) is 30.5 Å². The smallest absolute Gasteiger partial charge is 0.269 e. The van der Waals surface area contributed by atoms with Crippen LogP contribution in [0.15, 0.2) is 36.5 Å². The van der Waals surface area contributed by atoms with Gasteiger partial charge in [-0.2, -0.15) is 0 Å². The molecule has 126 valence electrons. The van der Waals surface area contributed by atoms with Gasteiger partial charge in [-0.1, -0.05) is 23.2 Å². The van der Waals surface area contributed by atoms with Gasteiger partial charge in [0.25, 0.3) is 5.91 Å². The number of nitrogens with zero attached hydrogens (tertiary/aromatic N) is 1. The third-order valence-electron chi connectivity index (χ3n) is 3.72. The summed E-state index contributed by atoms with van der Waals surface area (Å²) >= 11 is 11.9. The van der Waals surface area contributed by atoms with Crippen molar-refractivity contribution in [3.05, 3.63) is 52.3 Å². The van der Waals surface area contributed by atoms with E-state index in [1.807, 2.05) is 6.07 Å². The SMILES string of the molecule is O=C(NCC1CCCO1)c1ccc(Nc2ccc(Cl)c(Cl)c2)cn1. The predicted octanol–water partition coefficient (Wildman–Crippen LogP) is 4.04. The third kappa shape index (κ3) is 4.38. The maximum absolute atomic E-state index is 12.1. The number of rotatable bonds is 5. The average molecular weight is 366 g/mol. The Bertz CT molecular complexity index is 716. The molecule has 7 heteroatoms. The van der Waals surface area contributed by atoms with Crippen molar-refractivity contribution in [3.63, 3.8) is 0 Å². The van der Waals surface area contributed by atoms with Gasteiger partial charge >= 0.3 is 0 Å². The topological polar surface area (TPSA) is 63.2 Å². The minimum absolute atomic E-state index is 0.115. The Morgan fingerprint density at radius 3 is 2.71 bits per heavy atom. The van der Waals surface area contributed by atoms with Gasteiger partial charge in [0.05, 0.1) is 28.0 Å². The molecule has 2 aromatic rings. The maximum Gasteiger partial charge on any atom is 0.269 e. The highest BCUT2D eigenvalue weighted by Gasteiger charge is 2.17. The maximum atomic E-state index is 12.1. The van der Waals surface area contributed by atoms with Crippen molar-refractivity contribution < 1.29 is 9.53 Å². The van der Waals surface area contributed by atoms with E-state index >= 15 is 0 Å². The minimum atomic E-state index is -0.202. The Kier molecular flexibility index (Phi) is 5.56. The molecule has 1 unspecified atom stereocenters. The number of ether oxygens (including phenoxy) is 1. The molecule has 24 heavy (non-hydrogen) atoms. The van der Waals surface area contributed by atoms with Crippen molar-refractivity contribution in [3.8, 4) is 0 Å². The van der Waals surface area contributed by atoms with Gasteiger partial charge in [-0.05, 0) is 43.2 Å². The monoisotopic (exact) mass is 365 g/mol. The van der Waals surface area contributed by atoms with Crippen molar-refractivity contribution in [1.29, 1.82) is 0 Å². The van der Waals surface area contributed by atoms with Crippen molar-refractivity contribution in [2.24, 2.45) is 0 Å². The zero-order valence-electron chi connectivity index (χ0n) is 12.9. The number of hydrogen-bond acceptors (Lipinski definition) is 4. The van der Waals surface area contributed by atoms with Crippen LogP contribution in [0, 0.1) is 0 Å². The number of anilines is 2. The van der Waals surface area contributed by atoms with Gasteiger partial charge in [0.2, 0.25) is 0 Å². The summed E-state index contributed by atoms with van der Waals surface area (Å²) in [5.74, 6) is -0.202. The zero-order valence-corrected chi connectivity index (χ0v) is 14.4. The van der Waals surface area contributed by atoms with Crippen molar-refractivity contribution in [2.45, 2.75) is 18.9 Å². The molecule has 1 atom stereocenters. The fourth-order valence-electron chi connectivity index (χ4n) is 2.45. The van der Waals surface area contributed by atoms with E-state index in [-0.39, 0.29) is 12.0 Å². The molecule has 5 nitrogen and oxygen atoms in total. The molecular formula is C17H17Cl2N3O2. The van der Waals surface area contributed by atoms with Gasteiger partial charge in [0.1, 0.15) is 5.69 Å². The van der Waals surface area contributed by atoms with Crippen molar-refractivity contribution >= 4 is 40.5 Å². The first-order valence-corrected chi connectivity index (χ1v) is 8.45. The number of aromatic nitrogens is 1. The Labute approximate surface area is 150 Å². The van der Waals surface area contributed by atoms with Crippen LogP contribution in [0.1, 0.15) is 23.3 Å². The standard InChI is InChI=1S/C17H17Cl2N3O2/c18-14-5-3-11(8-15(14)19)22-12-4-6-16(20-9-12)17(23)21-10-13-2-1-7-24-13/h3-6,8-9,13,22H,1-2,7,10H2,(H,21,23). The summed E-state index contributed by atoms with van der Waals surface area (Å²) in [6.07, 6.45) is 3.75. The van der Waals surface area contributed by atoms with Gasteiger partial charge in [-0.15, -0.1) is 0 Å². The van der Waals surface area contributed by atoms with Crippen LogP contribution in [0.2, 0.25) is 10.0 Å². The number of halogens is 2. The predicted molar refractivity (Wildman–Crippen MR) is 95.3 cm³/mol. The summed E-state index contributed by atoms with van der Waals surface area (Å²) in [6, 6.07) is 8.72. The van der Waals surface area contributed by atoms with E-state index < -0.39 is 0 Å². The Hall–Kier alpha value is -1.82. The number of pyridine rings is 1. The highest BCUT2D eigenvalue weighted by Crippen LogP contribution is 2.26. The molecule has 3 rings (SSSR count). The van der Waals surface area contributed by atoms with Crippen LogP contribution in [0.25, 0.3) is 0 Å². The van der Waals surface area contributed by atoms with E-state index in [2.05, 4.69) is 15.6 Å². The van der Waals surface area contributed by atoms with E-state index in [4.69, 9.17) is 27.9 Å². The summed E-state index contributed by atoms with van der Waals surface area (Å²) in [4.78, 5) is 16.3. The van der Waals surface area contributed by atoms with E-state index in [0.29, 0.717) is 22.3 Å². The van der Waals surface area contributed by atoms with Gasteiger partial charge in [0.15, 0.2) is 0 Å². The first-order chi connectivity index (χ1) is 11.6. The van der Waals surface area contributed by atoms with Crippen LogP contribution in [0.3, 0.4) is 0 Å². The van der Waals surface area contributed by atoms with Gasteiger partial charge in [0, 0.05) is 18.8 Å². The molecule has 1 aliphatic heterocycles. The quantitative estimate of drug-likeness (QED) is 0.838. The molecule has 0 radical (unpaired) electrons. The van der Waals surface area contributed by atoms with Crippen LogP contribution in [0.4, 0.5) is 11.4 Å². The molecule has 0 aliphatic carbocycles. The number of carbonyl (C=O) groups excluding carboxylic acids is 1. The molecular weight excluding hydrogens is 349 g/mol. The summed E-state index contributed by atoms with van der Waals surface area (Å²) in [5, 5.41) is 6.97. The lowest BCUT2D eigenvalue weighted by atomic mass is 10.2. The normalized spacial score (nSPS) is 16.8. The fourth-order valence-corrected chi connectivity index (χ4v) is 2.74. The van der Waals surface area contributed by atoms with Crippen LogP contribution in [-0.4, -0.2) is 30.1 Å². The van der Waals surface area contributed by atoms with Gasteiger partial charge in [-0.25, -0.2) is 4.98 Å². The lowest BCUT2D eigenvalue weighted by molar-refractivity contribution is 0.0854. The van der Waals surface area contributed by atoms with E-state index in [9.17, 15) is 4.79 Å². The largest absolute Gasteiger partial charge is 0.376 e. The molecule has 0 saturated carbocycles. The molecule has 1 aliphatic rings. The number of amides is 1. The summed E-state index contributed by atoms with van der Waals surface area (Å²) in [5.41, 5.74) is 1.92. The molecule has 0 bridgehead atoms. The highest BCUT2D eigenvalue weighted by atomic mass is 35.5. The molecule has 1 saturated heterocycles. The number of benzene rings is 1. The third-order valence-corrected chi connectivity index (χ3v) is 4.46. The molecule has 1 aromatic heterocycles. The summed E-state index contributed by atoms with van der Waals surface area (Å²) in [6.45, 7) is 1.29. The highest BCUT2D eigenvalue weighted by molar-refractivity contribution is 6.42. The van der Waals surface area contributed by atoms with Crippen molar-refractivity contribution in [2.75, 3.05) is 18.5 Å². The lowest BCUT2D eigenvalue weighted by Crippen LogP contribution is -2.32. The van der Waals surface area contributed by atoms with Crippen molar-refractivity contribution in [1.82, 2.24) is 10.3 Å². The molecule has 0 spiro atoms. The van der Waals surface area contributed by atoms with Crippen LogP contribution in [0.5, 0.6) is 0 Å². The van der Waals surface area contributed by atoms with Gasteiger partial charge < -0.3 is 15.4 Å². The van der Waals surface area contributed by atoms with E-state index in [0.717, 1.165) is 30.8 Å². The van der Waals surface area contributed by atoms with Gasteiger partial charge in [-0.3, -0.25) is 4.79 Å². The van der Waals surface area contributed by atoms with Crippen LogP contribution < -0.4 is 10.6 Å². The van der Waals surface area contributed by atoms with Crippen LogP contribution in [-0.2, 0) is 4.74 Å². The fraction of sp³-hybridized carbons (Fsp3) is 0.294. The number of hydrogen-bond donors (Lipinski definition) is 2. The second kappa shape index (κ2) is 7.83. The second-order valence-corrected chi connectivity index (χ2v) is 6.35. The zero-order chi connectivity index (χ0) is 16.9. The number of nitrogens with one attached hydrogen (secondary N) is 2. The Balaban J connectivity index is 1.57. The lowest BCUT2D eigenvalue weighted by Gasteiger charge is -2.11. The summed E-state index contributed by atoms with van der Waals surface area (Å²) in [7, 11) is 0. The molecule has 2 heterocycles. The molecule has 1 fully saturated rings.